The molecular weight excluding hydrogens is 388 g/mol. The number of hydrogen-bond acceptors (Lipinski definition) is 6. The van der Waals surface area contributed by atoms with Crippen molar-refractivity contribution < 1.29 is 23.9 Å². The van der Waals surface area contributed by atoms with E-state index < -0.39 is 12.1 Å². The molecular formula is C21H24N4O5. The summed E-state index contributed by atoms with van der Waals surface area (Å²) in [6.07, 6.45) is 2.27. The quantitative estimate of drug-likeness (QED) is 0.610. The molecule has 1 aromatic carbocycles. The number of amides is 4. The number of hydrogen-bond donors (Lipinski definition) is 2. The summed E-state index contributed by atoms with van der Waals surface area (Å²) >= 11 is 0. The highest BCUT2D eigenvalue weighted by molar-refractivity contribution is 6.04. The molecule has 9 nitrogen and oxygen atoms in total. The van der Waals surface area contributed by atoms with Crippen LogP contribution in [0.2, 0.25) is 0 Å². The van der Waals surface area contributed by atoms with Crippen LogP contribution in [0.15, 0.2) is 42.6 Å². The van der Waals surface area contributed by atoms with Gasteiger partial charge in [0.1, 0.15) is 11.8 Å². The number of nitrogens with one attached hydrogen (secondary N) is 2. The van der Waals surface area contributed by atoms with Crippen LogP contribution in [-0.4, -0.2) is 54.5 Å². The van der Waals surface area contributed by atoms with Gasteiger partial charge in [0.2, 0.25) is 11.8 Å². The van der Waals surface area contributed by atoms with E-state index in [4.69, 9.17) is 9.47 Å². The number of benzene rings is 1. The third-order valence-corrected chi connectivity index (χ3v) is 4.79. The summed E-state index contributed by atoms with van der Waals surface area (Å²) in [5, 5.41) is 5.36. The molecule has 1 saturated heterocycles. The number of carbonyl (C=O) groups is 3. The van der Waals surface area contributed by atoms with Crippen LogP contribution in [0.1, 0.15) is 18.4 Å². The van der Waals surface area contributed by atoms with E-state index in [1.807, 2.05) is 24.3 Å². The summed E-state index contributed by atoms with van der Waals surface area (Å²) < 4.78 is 10.3. The molecule has 1 aliphatic heterocycles. The lowest BCUT2D eigenvalue weighted by Crippen LogP contribution is -2.33. The lowest BCUT2D eigenvalue weighted by molar-refractivity contribution is -0.127. The van der Waals surface area contributed by atoms with E-state index in [9.17, 15) is 14.4 Å². The standard InChI is InChI=1S/C21H24N4O5/c1-29-17-6-4-3-5-14(17)11-12-25-20(27)16(24-21(25)28)8-9-18(26)23-15-7-10-19(30-2)22-13-15/h3-7,10,13,16H,8-9,11-12H2,1-2H3,(H,23,26)(H,24,28)/t16-/m0/s1. The highest BCUT2D eigenvalue weighted by Gasteiger charge is 2.37. The van der Waals surface area contributed by atoms with E-state index in [1.165, 1.54) is 18.2 Å². The maximum Gasteiger partial charge on any atom is 0.324 e. The Bertz CT molecular complexity index is 916. The van der Waals surface area contributed by atoms with Crippen LogP contribution < -0.4 is 20.1 Å². The molecule has 1 aliphatic rings. The molecule has 1 fully saturated rings. The highest BCUT2D eigenvalue weighted by Crippen LogP contribution is 2.20. The Balaban J connectivity index is 1.49. The van der Waals surface area contributed by atoms with Crippen molar-refractivity contribution in [1.29, 1.82) is 0 Å². The number of carbonyl (C=O) groups excluding carboxylic acids is 3. The van der Waals surface area contributed by atoms with Crippen molar-refractivity contribution in [3.05, 3.63) is 48.2 Å². The first-order chi connectivity index (χ1) is 14.5. The Labute approximate surface area is 174 Å². The lowest BCUT2D eigenvalue weighted by Gasteiger charge is -2.14. The van der Waals surface area contributed by atoms with Crippen molar-refractivity contribution in [3.63, 3.8) is 0 Å². The summed E-state index contributed by atoms with van der Waals surface area (Å²) in [6.45, 7) is 0.241. The number of ether oxygens (including phenoxy) is 2. The molecule has 2 N–H and O–H groups in total. The van der Waals surface area contributed by atoms with Crippen LogP contribution in [0.4, 0.5) is 10.5 Å². The molecule has 0 spiro atoms. The van der Waals surface area contributed by atoms with Gasteiger partial charge in [-0.15, -0.1) is 0 Å². The van der Waals surface area contributed by atoms with Gasteiger partial charge in [-0.05, 0) is 30.5 Å². The van der Waals surface area contributed by atoms with Crippen molar-refractivity contribution in [2.24, 2.45) is 0 Å². The third kappa shape index (κ3) is 5.05. The van der Waals surface area contributed by atoms with Crippen molar-refractivity contribution in [3.8, 4) is 11.6 Å². The number of rotatable bonds is 9. The topological polar surface area (TPSA) is 110 Å². The fraction of sp³-hybridized carbons (Fsp3) is 0.333. The molecule has 0 unspecified atom stereocenters. The van der Waals surface area contributed by atoms with Crippen molar-refractivity contribution in [2.75, 3.05) is 26.1 Å². The van der Waals surface area contributed by atoms with Crippen LogP contribution in [0.5, 0.6) is 11.6 Å². The number of para-hydroxylation sites is 1. The number of imide groups is 1. The monoisotopic (exact) mass is 412 g/mol. The average Bonchev–Trinajstić information content (AvgIpc) is 3.04. The zero-order chi connectivity index (χ0) is 21.5. The number of anilines is 1. The van der Waals surface area contributed by atoms with Crippen LogP contribution in [-0.2, 0) is 16.0 Å². The van der Waals surface area contributed by atoms with E-state index in [0.29, 0.717) is 23.7 Å². The zero-order valence-electron chi connectivity index (χ0n) is 16.9. The van der Waals surface area contributed by atoms with Crippen LogP contribution in [0.25, 0.3) is 0 Å². The molecule has 158 valence electrons. The van der Waals surface area contributed by atoms with Crippen LogP contribution in [0.3, 0.4) is 0 Å². The SMILES string of the molecule is COc1ccc(NC(=O)CC[C@@H]2NC(=O)N(CCc3ccccc3OC)C2=O)cn1. The highest BCUT2D eigenvalue weighted by atomic mass is 16.5. The number of pyridine rings is 1. The molecule has 0 bridgehead atoms. The first-order valence-corrected chi connectivity index (χ1v) is 9.55. The van der Waals surface area contributed by atoms with Crippen molar-refractivity contribution >= 4 is 23.5 Å². The minimum absolute atomic E-state index is 0.0864. The second-order valence-electron chi connectivity index (χ2n) is 6.73. The summed E-state index contributed by atoms with van der Waals surface area (Å²) in [5.41, 5.74) is 1.44. The molecule has 0 saturated carbocycles. The minimum atomic E-state index is -0.713. The van der Waals surface area contributed by atoms with E-state index in [1.54, 1.807) is 19.2 Å². The molecule has 2 aromatic rings. The smallest absolute Gasteiger partial charge is 0.324 e. The Kier molecular flexibility index (Phi) is 6.84. The Morgan fingerprint density at radius 1 is 1.17 bits per heavy atom. The van der Waals surface area contributed by atoms with Gasteiger partial charge in [0.05, 0.1) is 26.1 Å². The molecule has 0 radical (unpaired) electrons. The molecule has 0 aliphatic carbocycles. The third-order valence-electron chi connectivity index (χ3n) is 4.79. The van der Waals surface area contributed by atoms with Crippen LogP contribution >= 0.6 is 0 Å². The number of aromatic nitrogens is 1. The number of methoxy groups -OCH3 is 2. The Hall–Kier alpha value is -3.62. The lowest BCUT2D eigenvalue weighted by atomic mass is 10.1. The number of urea groups is 1. The predicted octanol–water partition coefficient (Wildman–Crippen LogP) is 1.98. The van der Waals surface area contributed by atoms with Gasteiger partial charge in [0.25, 0.3) is 5.91 Å². The molecule has 30 heavy (non-hydrogen) atoms. The summed E-state index contributed by atoms with van der Waals surface area (Å²) in [6, 6.07) is 9.62. The molecule has 1 atom stereocenters. The van der Waals surface area contributed by atoms with Gasteiger partial charge < -0.3 is 20.1 Å². The fourth-order valence-electron chi connectivity index (χ4n) is 3.20. The van der Waals surface area contributed by atoms with Gasteiger partial charge >= 0.3 is 6.03 Å². The van der Waals surface area contributed by atoms with Gasteiger partial charge in [-0.25, -0.2) is 9.78 Å². The first-order valence-electron chi connectivity index (χ1n) is 9.55. The second-order valence-corrected chi connectivity index (χ2v) is 6.73. The normalized spacial score (nSPS) is 15.7. The minimum Gasteiger partial charge on any atom is -0.496 e. The number of nitrogens with zero attached hydrogens (tertiary/aromatic N) is 2. The van der Waals surface area contributed by atoms with Gasteiger partial charge in [0, 0.05) is 19.0 Å². The van der Waals surface area contributed by atoms with Gasteiger partial charge in [-0.3, -0.25) is 14.5 Å². The average molecular weight is 412 g/mol. The fourth-order valence-corrected chi connectivity index (χ4v) is 3.20. The van der Waals surface area contributed by atoms with Crippen molar-refractivity contribution in [2.45, 2.75) is 25.3 Å². The summed E-state index contributed by atoms with van der Waals surface area (Å²) in [5.74, 6) is 0.566. The van der Waals surface area contributed by atoms with Crippen molar-refractivity contribution in [1.82, 2.24) is 15.2 Å². The largest absolute Gasteiger partial charge is 0.496 e. The maximum atomic E-state index is 12.6. The Morgan fingerprint density at radius 3 is 2.67 bits per heavy atom. The van der Waals surface area contributed by atoms with E-state index in [0.717, 1.165) is 5.56 Å². The summed E-state index contributed by atoms with van der Waals surface area (Å²) in [4.78, 5) is 42.1. The second kappa shape index (κ2) is 9.73. The zero-order valence-corrected chi connectivity index (χ0v) is 16.9. The van der Waals surface area contributed by atoms with Gasteiger partial charge in [-0.1, -0.05) is 18.2 Å². The molecule has 4 amide bonds. The maximum absolute atomic E-state index is 12.6. The van der Waals surface area contributed by atoms with Gasteiger partial charge in [0.15, 0.2) is 0 Å². The van der Waals surface area contributed by atoms with E-state index >= 15 is 0 Å². The molecule has 1 aromatic heterocycles. The van der Waals surface area contributed by atoms with E-state index in [2.05, 4.69) is 15.6 Å². The van der Waals surface area contributed by atoms with Gasteiger partial charge in [-0.2, -0.15) is 0 Å². The predicted molar refractivity (Wildman–Crippen MR) is 109 cm³/mol. The molecule has 9 heteroatoms. The Morgan fingerprint density at radius 2 is 1.97 bits per heavy atom. The first kappa shape index (κ1) is 21.1. The summed E-state index contributed by atoms with van der Waals surface area (Å²) in [7, 11) is 3.09. The molecule has 3 rings (SSSR count). The van der Waals surface area contributed by atoms with E-state index in [-0.39, 0.29) is 31.2 Å². The molecule has 2 heterocycles. The van der Waals surface area contributed by atoms with Crippen LogP contribution in [0, 0.1) is 0 Å².